The topological polar surface area (TPSA) is 100 Å². The fraction of sp³-hybridized carbons (Fsp3) is 0.286. The van der Waals surface area contributed by atoms with E-state index in [0.717, 1.165) is 0 Å². The molecule has 0 aliphatic heterocycles. The summed E-state index contributed by atoms with van der Waals surface area (Å²) in [5.41, 5.74) is 1.05. The summed E-state index contributed by atoms with van der Waals surface area (Å²) in [7, 11) is 4.56. The molecule has 0 fully saturated rings. The van der Waals surface area contributed by atoms with Crippen LogP contribution < -0.4 is 25.0 Å². The average Bonchev–Trinajstić information content (AvgIpc) is 2.76. The van der Waals surface area contributed by atoms with Crippen molar-refractivity contribution in [2.24, 2.45) is 0 Å². The number of thiocarbonyl (C=S) groups is 1. The van der Waals surface area contributed by atoms with E-state index in [1.807, 2.05) is 0 Å². The van der Waals surface area contributed by atoms with Crippen LogP contribution in [0.15, 0.2) is 42.5 Å². The van der Waals surface area contributed by atoms with Crippen molar-refractivity contribution in [3.63, 3.8) is 0 Å². The number of carbonyl (C=O) groups is 2. The van der Waals surface area contributed by atoms with Crippen molar-refractivity contribution in [3.8, 4) is 11.5 Å². The maximum atomic E-state index is 13.1. The summed E-state index contributed by atoms with van der Waals surface area (Å²) < 4.78 is 23.5. The van der Waals surface area contributed by atoms with Gasteiger partial charge in [-0.05, 0) is 55.0 Å². The zero-order chi connectivity index (χ0) is 23.0. The zero-order valence-electron chi connectivity index (χ0n) is 17.3. The monoisotopic (exact) mass is 449 g/mol. The number of amides is 1. The van der Waals surface area contributed by atoms with Crippen LogP contribution in [0.2, 0.25) is 0 Å². The Balaban J connectivity index is 2.17. The molecule has 3 N–H and O–H groups in total. The van der Waals surface area contributed by atoms with Crippen LogP contribution in [0.25, 0.3) is 0 Å². The molecule has 2 rings (SSSR count). The molecule has 0 aliphatic rings. The fourth-order valence-electron chi connectivity index (χ4n) is 2.78. The summed E-state index contributed by atoms with van der Waals surface area (Å²) in [5, 5.41) is 14.9. The molecule has 0 bridgehead atoms. The second-order valence-electron chi connectivity index (χ2n) is 6.53. The normalized spacial score (nSPS) is 11.2. The second kappa shape index (κ2) is 11.1. The van der Waals surface area contributed by atoms with Gasteiger partial charge in [-0.25, -0.2) is 4.39 Å². The summed E-state index contributed by atoms with van der Waals surface area (Å²) in [6, 6.07) is 9.60. The Morgan fingerprint density at radius 1 is 1.13 bits per heavy atom. The minimum atomic E-state index is -1.04. The predicted octanol–water partition coefficient (Wildman–Crippen LogP) is 3.03. The van der Waals surface area contributed by atoms with Gasteiger partial charge in [0.25, 0.3) is 0 Å². The maximum Gasteiger partial charge on any atom is 0.303 e. The van der Waals surface area contributed by atoms with E-state index < -0.39 is 23.7 Å². The van der Waals surface area contributed by atoms with Gasteiger partial charge in [-0.3, -0.25) is 9.59 Å². The van der Waals surface area contributed by atoms with Crippen LogP contribution in [0.4, 0.5) is 15.8 Å². The summed E-state index contributed by atoms with van der Waals surface area (Å²) in [6.07, 6.45) is -0.223. The highest BCUT2D eigenvalue weighted by Gasteiger charge is 2.25. The first-order chi connectivity index (χ1) is 14.7. The summed E-state index contributed by atoms with van der Waals surface area (Å²) in [4.78, 5) is 25.5. The van der Waals surface area contributed by atoms with Gasteiger partial charge >= 0.3 is 5.97 Å². The molecule has 0 aliphatic carbocycles. The molecule has 0 aromatic heterocycles. The molecule has 166 valence electrons. The number of carboxylic acid groups (broad SMARTS) is 1. The third-order valence-corrected chi connectivity index (χ3v) is 4.66. The Morgan fingerprint density at radius 3 is 2.35 bits per heavy atom. The Hall–Kier alpha value is -3.40. The standard InChI is InChI=1S/C21H24FN3O5S/c1-25(15-8-10-17(29-2)18(12-15)30-3)20(28)16(9-11-19(26)27)24-21(31)23-14-6-4-13(22)5-7-14/h4-8,10,12,16H,9,11H2,1-3H3,(H,26,27)(H2,23,24,31)/t16-/m0/s1. The molecule has 1 amide bonds. The minimum absolute atomic E-state index is 0.0109. The highest BCUT2D eigenvalue weighted by molar-refractivity contribution is 7.80. The Bertz CT molecular complexity index is 939. The van der Waals surface area contributed by atoms with E-state index in [0.29, 0.717) is 22.9 Å². The summed E-state index contributed by atoms with van der Waals surface area (Å²) in [6.45, 7) is 0. The van der Waals surface area contributed by atoms with Crippen molar-refractivity contribution >= 4 is 40.6 Å². The number of rotatable bonds is 9. The Kier molecular flexibility index (Phi) is 8.56. The molecule has 2 aromatic carbocycles. The van der Waals surface area contributed by atoms with E-state index in [4.69, 9.17) is 26.8 Å². The van der Waals surface area contributed by atoms with Crippen LogP contribution in [-0.4, -0.2) is 49.4 Å². The van der Waals surface area contributed by atoms with Crippen LogP contribution in [0.5, 0.6) is 11.5 Å². The van der Waals surface area contributed by atoms with Gasteiger partial charge in [0.15, 0.2) is 16.6 Å². The molecular weight excluding hydrogens is 425 g/mol. The number of carboxylic acids is 1. The number of benzene rings is 2. The van der Waals surface area contributed by atoms with Crippen molar-refractivity contribution in [1.82, 2.24) is 5.32 Å². The number of nitrogens with zero attached hydrogens (tertiary/aromatic N) is 1. The number of hydrogen-bond donors (Lipinski definition) is 3. The van der Waals surface area contributed by atoms with E-state index in [1.54, 1.807) is 25.2 Å². The summed E-state index contributed by atoms with van der Waals surface area (Å²) in [5.74, 6) is -0.862. The van der Waals surface area contributed by atoms with Crippen LogP contribution >= 0.6 is 12.2 Å². The van der Waals surface area contributed by atoms with Gasteiger partial charge in [0.2, 0.25) is 5.91 Å². The molecule has 2 aromatic rings. The number of aliphatic carboxylic acids is 1. The average molecular weight is 450 g/mol. The smallest absolute Gasteiger partial charge is 0.303 e. The number of methoxy groups -OCH3 is 2. The maximum absolute atomic E-state index is 13.1. The SMILES string of the molecule is COc1ccc(N(C)C(=O)[C@H](CCC(=O)O)NC(=S)Nc2ccc(F)cc2)cc1OC. The molecule has 31 heavy (non-hydrogen) atoms. The van der Waals surface area contributed by atoms with Crippen LogP contribution in [0.1, 0.15) is 12.8 Å². The van der Waals surface area contributed by atoms with Crippen LogP contribution in [0.3, 0.4) is 0 Å². The third kappa shape index (κ3) is 6.82. The van der Waals surface area contributed by atoms with Gasteiger partial charge in [0, 0.05) is 30.9 Å². The quantitative estimate of drug-likeness (QED) is 0.503. The molecule has 0 radical (unpaired) electrons. The lowest BCUT2D eigenvalue weighted by molar-refractivity contribution is -0.137. The number of halogens is 1. The van der Waals surface area contributed by atoms with Crippen molar-refractivity contribution < 1.29 is 28.6 Å². The number of anilines is 2. The lowest BCUT2D eigenvalue weighted by Crippen LogP contribution is -2.49. The predicted molar refractivity (Wildman–Crippen MR) is 119 cm³/mol. The van der Waals surface area contributed by atoms with Crippen LogP contribution in [0, 0.1) is 5.82 Å². The lowest BCUT2D eigenvalue weighted by Gasteiger charge is -2.26. The van der Waals surface area contributed by atoms with E-state index in [1.165, 1.54) is 43.4 Å². The molecule has 0 spiro atoms. The molecule has 10 heteroatoms. The van der Waals surface area contributed by atoms with Crippen molar-refractivity contribution in [3.05, 3.63) is 48.3 Å². The molecule has 0 unspecified atom stereocenters. The number of likely N-dealkylation sites (N-methyl/N-ethyl adjacent to an activating group) is 1. The van der Waals surface area contributed by atoms with Crippen LogP contribution in [-0.2, 0) is 9.59 Å². The van der Waals surface area contributed by atoms with E-state index in [9.17, 15) is 14.0 Å². The first kappa shape index (κ1) is 23.9. The van der Waals surface area contributed by atoms with Crippen molar-refractivity contribution in [2.45, 2.75) is 18.9 Å². The van der Waals surface area contributed by atoms with E-state index in [2.05, 4.69) is 10.6 Å². The third-order valence-electron chi connectivity index (χ3n) is 4.44. The second-order valence-corrected chi connectivity index (χ2v) is 6.94. The zero-order valence-corrected chi connectivity index (χ0v) is 18.2. The van der Waals surface area contributed by atoms with Crippen molar-refractivity contribution in [2.75, 3.05) is 31.5 Å². The van der Waals surface area contributed by atoms with E-state index in [-0.39, 0.29) is 18.0 Å². The van der Waals surface area contributed by atoms with Gasteiger partial charge in [0.1, 0.15) is 11.9 Å². The van der Waals surface area contributed by atoms with Gasteiger partial charge in [-0.1, -0.05) is 0 Å². The van der Waals surface area contributed by atoms with Gasteiger partial charge in [0.05, 0.1) is 14.2 Å². The highest BCUT2D eigenvalue weighted by Crippen LogP contribution is 2.31. The molecule has 1 atom stereocenters. The van der Waals surface area contributed by atoms with E-state index >= 15 is 0 Å². The first-order valence-electron chi connectivity index (χ1n) is 9.29. The largest absolute Gasteiger partial charge is 0.493 e. The molecule has 0 saturated heterocycles. The minimum Gasteiger partial charge on any atom is -0.493 e. The number of hydrogen-bond acceptors (Lipinski definition) is 5. The molecule has 0 heterocycles. The number of ether oxygens (including phenoxy) is 2. The molecular formula is C21H24FN3O5S. The Labute approximate surface area is 185 Å². The first-order valence-corrected chi connectivity index (χ1v) is 9.70. The summed E-state index contributed by atoms with van der Waals surface area (Å²) >= 11 is 5.25. The Morgan fingerprint density at radius 2 is 1.77 bits per heavy atom. The molecule has 0 saturated carbocycles. The number of carbonyl (C=O) groups excluding carboxylic acids is 1. The highest BCUT2D eigenvalue weighted by atomic mass is 32.1. The lowest BCUT2D eigenvalue weighted by atomic mass is 10.1. The van der Waals surface area contributed by atoms with Crippen molar-refractivity contribution in [1.29, 1.82) is 0 Å². The van der Waals surface area contributed by atoms with Gasteiger partial charge in [-0.2, -0.15) is 0 Å². The fourth-order valence-corrected chi connectivity index (χ4v) is 3.04. The van der Waals surface area contributed by atoms with Gasteiger partial charge in [-0.15, -0.1) is 0 Å². The van der Waals surface area contributed by atoms with Gasteiger partial charge < -0.3 is 30.1 Å². The molecule has 8 nitrogen and oxygen atoms in total. The number of nitrogens with one attached hydrogen (secondary N) is 2.